The van der Waals surface area contributed by atoms with Gasteiger partial charge in [0.15, 0.2) is 0 Å². The van der Waals surface area contributed by atoms with Crippen molar-refractivity contribution in [2.45, 2.75) is 65.1 Å². The van der Waals surface area contributed by atoms with Gasteiger partial charge in [-0.05, 0) is 66.1 Å². The van der Waals surface area contributed by atoms with Crippen molar-refractivity contribution in [3.05, 3.63) is 17.7 Å². The Balaban J connectivity index is 1.52. The predicted molar refractivity (Wildman–Crippen MR) is 104 cm³/mol. The van der Waals surface area contributed by atoms with Crippen molar-refractivity contribution in [3.63, 3.8) is 0 Å². The highest BCUT2D eigenvalue weighted by atomic mass is 16.2. The van der Waals surface area contributed by atoms with E-state index >= 15 is 0 Å². The lowest BCUT2D eigenvalue weighted by Gasteiger charge is -2.43. The largest absolute Gasteiger partial charge is 0.345 e. The van der Waals surface area contributed by atoms with Gasteiger partial charge >= 0.3 is 0 Å². The smallest absolute Gasteiger partial charge is 0.227 e. The SMILES string of the molecule is Cc1cnc(CN(C)C(=O)[C@H]2CCCN(C3CCN(C(C)C)CC3)C2)[nH]1. The number of aromatic nitrogens is 2. The van der Waals surface area contributed by atoms with Crippen LogP contribution in [-0.2, 0) is 11.3 Å². The number of piperidine rings is 2. The van der Waals surface area contributed by atoms with Crippen molar-refractivity contribution in [3.8, 4) is 0 Å². The van der Waals surface area contributed by atoms with Gasteiger partial charge in [-0.2, -0.15) is 0 Å². The number of hydrogen-bond acceptors (Lipinski definition) is 4. The van der Waals surface area contributed by atoms with E-state index in [4.69, 9.17) is 0 Å². The molecule has 2 fully saturated rings. The van der Waals surface area contributed by atoms with Crippen molar-refractivity contribution in [2.75, 3.05) is 33.2 Å². The van der Waals surface area contributed by atoms with Crippen molar-refractivity contribution in [1.29, 1.82) is 0 Å². The summed E-state index contributed by atoms with van der Waals surface area (Å²) in [6.07, 6.45) is 6.44. The average Bonchev–Trinajstić information content (AvgIpc) is 3.06. The molecule has 0 aromatic carbocycles. The van der Waals surface area contributed by atoms with Gasteiger partial charge in [-0.25, -0.2) is 4.98 Å². The minimum atomic E-state index is 0.132. The van der Waals surface area contributed by atoms with Gasteiger partial charge in [-0.1, -0.05) is 0 Å². The highest BCUT2D eigenvalue weighted by Crippen LogP contribution is 2.25. The molecule has 1 aromatic heterocycles. The van der Waals surface area contributed by atoms with Gasteiger partial charge in [0.2, 0.25) is 5.91 Å². The molecule has 2 aliphatic heterocycles. The molecule has 0 bridgehead atoms. The number of aryl methyl sites for hydroxylation is 1. The predicted octanol–water partition coefficient (Wildman–Crippen LogP) is 2.26. The second-order valence-electron chi connectivity index (χ2n) is 8.40. The number of hydrogen-bond donors (Lipinski definition) is 1. The monoisotopic (exact) mass is 361 g/mol. The molecule has 6 heteroatoms. The molecule has 6 nitrogen and oxygen atoms in total. The number of imidazole rings is 1. The Bertz CT molecular complexity index is 591. The van der Waals surface area contributed by atoms with E-state index in [0.29, 0.717) is 18.6 Å². The van der Waals surface area contributed by atoms with Crippen molar-refractivity contribution in [1.82, 2.24) is 24.7 Å². The van der Waals surface area contributed by atoms with E-state index in [1.54, 1.807) is 0 Å². The molecule has 2 saturated heterocycles. The fraction of sp³-hybridized carbons (Fsp3) is 0.800. The maximum Gasteiger partial charge on any atom is 0.227 e. The standard InChI is InChI=1S/C20H35N5O/c1-15(2)24-10-7-18(8-11-24)25-9-5-6-17(13-25)20(26)23(4)14-19-21-12-16(3)22-19/h12,15,17-18H,5-11,13-14H2,1-4H3,(H,21,22)/t17-/m0/s1. The van der Waals surface area contributed by atoms with Crippen molar-refractivity contribution in [2.24, 2.45) is 5.92 Å². The Morgan fingerprint density at radius 3 is 2.65 bits per heavy atom. The Morgan fingerprint density at radius 1 is 1.31 bits per heavy atom. The lowest BCUT2D eigenvalue weighted by Crippen LogP contribution is -2.51. The number of likely N-dealkylation sites (tertiary alicyclic amines) is 2. The summed E-state index contributed by atoms with van der Waals surface area (Å²) >= 11 is 0. The second kappa shape index (κ2) is 8.53. The van der Waals surface area contributed by atoms with Gasteiger partial charge < -0.3 is 14.8 Å². The minimum absolute atomic E-state index is 0.132. The number of carbonyl (C=O) groups is 1. The zero-order valence-electron chi connectivity index (χ0n) is 16.9. The highest BCUT2D eigenvalue weighted by Gasteiger charge is 2.33. The van der Waals surface area contributed by atoms with Crippen molar-refractivity contribution >= 4 is 5.91 Å². The number of H-pyrrole nitrogens is 1. The first-order chi connectivity index (χ1) is 12.4. The number of carbonyl (C=O) groups excluding carboxylic acids is 1. The molecule has 1 atom stereocenters. The van der Waals surface area contributed by atoms with E-state index in [1.807, 2.05) is 25.1 Å². The first-order valence-corrected chi connectivity index (χ1v) is 10.2. The summed E-state index contributed by atoms with van der Waals surface area (Å²) in [5.41, 5.74) is 1.04. The van der Waals surface area contributed by atoms with Crippen LogP contribution in [-0.4, -0.2) is 75.9 Å². The van der Waals surface area contributed by atoms with E-state index in [2.05, 4.69) is 33.6 Å². The Kier molecular flexibility index (Phi) is 6.35. The molecule has 0 saturated carbocycles. The molecule has 1 N–H and O–H groups in total. The number of nitrogens with zero attached hydrogens (tertiary/aromatic N) is 4. The summed E-state index contributed by atoms with van der Waals surface area (Å²) in [6, 6.07) is 1.30. The van der Waals surface area contributed by atoms with Gasteiger partial charge in [-0.15, -0.1) is 0 Å². The minimum Gasteiger partial charge on any atom is -0.345 e. The molecule has 0 spiro atoms. The van der Waals surface area contributed by atoms with Crippen LogP contribution < -0.4 is 0 Å². The maximum atomic E-state index is 12.9. The lowest BCUT2D eigenvalue weighted by atomic mass is 9.92. The molecule has 0 radical (unpaired) electrons. The number of rotatable bonds is 5. The van der Waals surface area contributed by atoms with Crippen LogP contribution in [0.2, 0.25) is 0 Å². The Hall–Kier alpha value is -1.40. The van der Waals surface area contributed by atoms with Crippen LogP contribution in [0.1, 0.15) is 51.0 Å². The first-order valence-electron chi connectivity index (χ1n) is 10.2. The number of amides is 1. The molecule has 0 aliphatic carbocycles. The second-order valence-corrected chi connectivity index (χ2v) is 8.40. The highest BCUT2D eigenvalue weighted by molar-refractivity contribution is 5.78. The molecule has 3 heterocycles. The van der Waals surface area contributed by atoms with Crippen LogP contribution in [0.4, 0.5) is 0 Å². The fourth-order valence-electron chi connectivity index (χ4n) is 4.47. The maximum absolute atomic E-state index is 12.9. The fourth-order valence-corrected chi connectivity index (χ4v) is 4.47. The third kappa shape index (κ3) is 4.65. The molecule has 0 unspecified atom stereocenters. The average molecular weight is 362 g/mol. The van der Waals surface area contributed by atoms with Crippen LogP contribution in [0, 0.1) is 12.8 Å². The molecule has 3 rings (SSSR count). The zero-order valence-corrected chi connectivity index (χ0v) is 16.9. The summed E-state index contributed by atoms with van der Waals surface area (Å²) in [4.78, 5) is 27.5. The van der Waals surface area contributed by atoms with E-state index < -0.39 is 0 Å². The zero-order chi connectivity index (χ0) is 18.7. The van der Waals surface area contributed by atoms with E-state index in [9.17, 15) is 4.79 Å². The Morgan fingerprint density at radius 2 is 2.04 bits per heavy atom. The number of aromatic amines is 1. The van der Waals surface area contributed by atoms with Gasteiger partial charge in [0.05, 0.1) is 12.5 Å². The van der Waals surface area contributed by atoms with Gasteiger partial charge in [-0.3, -0.25) is 9.69 Å². The topological polar surface area (TPSA) is 55.5 Å². The summed E-state index contributed by atoms with van der Waals surface area (Å²) in [5, 5.41) is 0. The van der Waals surface area contributed by atoms with Gasteiger partial charge in [0.25, 0.3) is 0 Å². The molecule has 26 heavy (non-hydrogen) atoms. The summed E-state index contributed by atoms with van der Waals surface area (Å²) in [6.45, 7) is 11.6. The summed E-state index contributed by atoms with van der Waals surface area (Å²) in [5.74, 6) is 1.27. The van der Waals surface area contributed by atoms with Gasteiger partial charge in [0.1, 0.15) is 5.82 Å². The lowest BCUT2D eigenvalue weighted by molar-refractivity contribution is -0.137. The molecule has 2 aliphatic rings. The quantitative estimate of drug-likeness (QED) is 0.874. The normalized spacial score (nSPS) is 23.5. The van der Waals surface area contributed by atoms with E-state index in [1.165, 1.54) is 25.9 Å². The van der Waals surface area contributed by atoms with Crippen molar-refractivity contribution < 1.29 is 4.79 Å². The van der Waals surface area contributed by atoms with E-state index in [0.717, 1.165) is 37.4 Å². The molecule has 1 amide bonds. The molecule has 1 aromatic rings. The third-order valence-electron chi connectivity index (χ3n) is 6.07. The van der Waals surface area contributed by atoms with E-state index in [-0.39, 0.29) is 11.8 Å². The van der Waals surface area contributed by atoms with Crippen LogP contribution in [0.25, 0.3) is 0 Å². The molecular weight excluding hydrogens is 326 g/mol. The Labute approximate surface area is 157 Å². The summed E-state index contributed by atoms with van der Waals surface area (Å²) in [7, 11) is 1.90. The van der Waals surface area contributed by atoms with Crippen LogP contribution in [0.15, 0.2) is 6.20 Å². The number of nitrogens with one attached hydrogen (secondary N) is 1. The first kappa shape index (κ1) is 19.4. The summed E-state index contributed by atoms with van der Waals surface area (Å²) < 4.78 is 0. The van der Waals surface area contributed by atoms with Gasteiger partial charge in [0, 0.05) is 37.6 Å². The van der Waals surface area contributed by atoms with Crippen LogP contribution >= 0.6 is 0 Å². The van der Waals surface area contributed by atoms with Crippen LogP contribution in [0.5, 0.6) is 0 Å². The molecular formula is C20H35N5O. The van der Waals surface area contributed by atoms with Crippen LogP contribution in [0.3, 0.4) is 0 Å². The molecule has 146 valence electrons. The third-order valence-corrected chi connectivity index (χ3v) is 6.07.